The predicted octanol–water partition coefficient (Wildman–Crippen LogP) is 1.37. The van der Waals surface area contributed by atoms with Gasteiger partial charge in [-0.15, -0.1) is 0 Å². The lowest BCUT2D eigenvalue weighted by atomic mass is 10.0. The minimum absolute atomic E-state index is 0.251. The van der Waals surface area contributed by atoms with E-state index in [2.05, 4.69) is 0 Å². The molecule has 5 heteroatoms. The Hall–Kier alpha value is -1.07. The van der Waals surface area contributed by atoms with Crippen LogP contribution in [0.2, 0.25) is 0 Å². The second-order valence-electron chi connectivity index (χ2n) is 4.81. The third kappa shape index (κ3) is 2.61. The first-order valence-electron chi connectivity index (χ1n) is 5.74. The molecule has 0 aromatic carbocycles. The van der Waals surface area contributed by atoms with E-state index in [-0.39, 0.29) is 24.3 Å². The lowest BCUT2D eigenvalue weighted by molar-refractivity contribution is -0.180. The van der Waals surface area contributed by atoms with Crippen molar-refractivity contribution in [3.8, 4) is 0 Å². The maximum Gasteiger partial charge on any atom is 0.303 e. The summed E-state index contributed by atoms with van der Waals surface area (Å²) in [6.07, 6.45) is 2.06. The standard InChI is InChI=1S/C12H18O5/c1-7-10(15-8(2)13)11-9(5-6-14-7)16-12(3,4)17-11/h5-7,9-11H,1-4H3/t7-,9-,10-,11-/m0/s1. The van der Waals surface area contributed by atoms with Gasteiger partial charge in [0, 0.05) is 6.92 Å². The van der Waals surface area contributed by atoms with Gasteiger partial charge in [-0.05, 0) is 26.8 Å². The topological polar surface area (TPSA) is 54.0 Å². The van der Waals surface area contributed by atoms with E-state index in [1.807, 2.05) is 20.8 Å². The van der Waals surface area contributed by atoms with E-state index in [4.69, 9.17) is 18.9 Å². The van der Waals surface area contributed by atoms with Gasteiger partial charge in [0.1, 0.15) is 18.3 Å². The number of carbonyl (C=O) groups excluding carboxylic acids is 1. The zero-order valence-electron chi connectivity index (χ0n) is 10.5. The van der Waals surface area contributed by atoms with Crippen LogP contribution in [0.3, 0.4) is 0 Å². The molecule has 2 heterocycles. The molecule has 0 aliphatic carbocycles. The van der Waals surface area contributed by atoms with Crippen LogP contribution < -0.4 is 0 Å². The number of hydrogen-bond acceptors (Lipinski definition) is 5. The molecule has 0 N–H and O–H groups in total. The van der Waals surface area contributed by atoms with Gasteiger partial charge < -0.3 is 18.9 Å². The summed E-state index contributed by atoms with van der Waals surface area (Å²) < 4.78 is 22.2. The van der Waals surface area contributed by atoms with Crippen LogP contribution in [-0.2, 0) is 23.7 Å². The number of esters is 1. The van der Waals surface area contributed by atoms with Crippen molar-refractivity contribution >= 4 is 5.97 Å². The van der Waals surface area contributed by atoms with E-state index in [1.165, 1.54) is 6.92 Å². The first-order valence-corrected chi connectivity index (χ1v) is 5.74. The van der Waals surface area contributed by atoms with Crippen LogP contribution in [0.1, 0.15) is 27.7 Å². The lowest BCUT2D eigenvalue weighted by Crippen LogP contribution is -2.43. The highest BCUT2D eigenvalue weighted by Gasteiger charge is 2.48. The number of ether oxygens (including phenoxy) is 4. The molecule has 2 aliphatic rings. The molecule has 0 unspecified atom stereocenters. The fourth-order valence-corrected chi connectivity index (χ4v) is 2.17. The van der Waals surface area contributed by atoms with Gasteiger partial charge in [-0.1, -0.05) is 0 Å². The summed E-state index contributed by atoms with van der Waals surface area (Å²) >= 11 is 0. The zero-order chi connectivity index (χ0) is 12.6. The SMILES string of the molecule is CC(=O)O[C@@H]1[C@H]2OC(C)(C)O[C@H]2C=CO[C@H]1C. The molecule has 0 spiro atoms. The highest BCUT2D eigenvalue weighted by atomic mass is 16.8. The van der Waals surface area contributed by atoms with Crippen LogP contribution in [0.5, 0.6) is 0 Å². The molecule has 0 amide bonds. The summed E-state index contributed by atoms with van der Waals surface area (Å²) in [6, 6.07) is 0. The maximum absolute atomic E-state index is 11.1. The molecule has 0 radical (unpaired) electrons. The van der Waals surface area contributed by atoms with Crippen LogP contribution in [0.4, 0.5) is 0 Å². The van der Waals surface area contributed by atoms with E-state index >= 15 is 0 Å². The van der Waals surface area contributed by atoms with Crippen LogP contribution in [0.25, 0.3) is 0 Å². The van der Waals surface area contributed by atoms with Crippen molar-refractivity contribution < 1.29 is 23.7 Å². The molecule has 0 aromatic heterocycles. The fourth-order valence-electron chi connectivity index (χ4n) is 2.17. The third-order valence-corrected chi connectivity index (χ3v) is 2.81. The summed E-state index contributed by atoms with van der Waals surface area (Å²) in [5.74, 6) is -1.02. The number of fused-ring (bicyclic) bond motifs is 1. The predicted molar refractivity (Wildman–Crippen MR) is 59.1 cm³/mol. The molecule has 0 saturated carbocycles. The summed E-state index contributed by atoms with van der Waals surface area (Å²) in [5.41, 5.74) is 0. The fraction of sp³-hybridized carbons (Fsp3) is 0.750. The molecule has 96 valence electrons. The minimum Gasteiger partial charge on any atom is -0.495 e. The van der Waals surface area contributed by atoms with Crippen LogP contribution in [-0.4, -0.2) is 36.2 Å². The van der Waals surface area contributed by atoms with Gasteiger partial charge >= 0.3 is 5.97 Å². The van der Waals surface area contributed by atoms with Gasteiger partial charge in [0.15, 0.2) is 11.9 Å². The van der Waals surface area contributed by atoms with Crippen molar-refractivity contribution in [2.75, 3.05) is 0 Å². The minimum atomic E-state index is -0.671. The summed E-state index contributed by atoms with van der Waals surface area (Å²) in [7, 11) is 0. The monoisotopic (exact) mass is 242 g/mol. The van der Waals surface area contributed by atoms with Gasteiger partial charge in [-0.3, -0.25) is 4.79 Å². The number of hydrogen-bond donors (Lipinski definition) is 0. The van der Waals surface area contributed by atoms with Crippen LogP contribution in [0.15, 0.2) is 12.3 Å². The van der Waals surface area contributed by atoms with Gasteiger partial charge in [0.05, 0.1) is 6.26 Å². The summed E-state index contributed by atoms with van der Waals surface area (Å²) in [4.78, 5) is 11.1. The molecule has 2 rings (SSSR count). The Morgan fingerprint density at radius 2 is 2.06 bits per heavy atom. The van der Waals surface area contributed by atoms with Crippen molar-refractivity contribution in [1.29, 1.82) is 0 Å². The van der Waals surface area contributed by atoms with E-state index in [0.29, 0.717) is 0 Å². The smallest absolute Gasteiger partial charge is 0.303 e. The Balaban J connectivity index is 2.21. The highest BCUT2D eigenvalue weighted by molar-refractivity contribution is 5.66. The first kappa shape index (κ1) is 12.4. The summed E-state index contributed by atoms with van der Waals surface area (Å²) in [5, 5.41) is 0. The summed E-state index contributed by atoms with van der Waals surface area (Å²) in [6.45, 7) is 6.90. The molecule has 17 heavy (non-hydrogen) atoms. The van der Waals surface area contributed by atoms with E-state index in [1.54, 1.807) is 12.3 Å². The quantitative estimate of drug-likeness (QED) is 0.650. The van der Waals surface area contributed by atoms with Crippen LogP contribution >= 0.6 is 0 Å². The van der Waals surface area contributed by atoms with Crippen molar-refractivity contribution in [3.05, 3.63) is 12.3 Å². The van der Waals surface area contributed by atoms with Gasteiger partial charge in [0.2, 0.25) is 0 Å². The molecule has 0 bridgehead atoms. The first-order chi connectivity index (χ1) is 7.89. The Bertz CT molecular complexity index is 336. The second-order valence-corrected chi connectivity index (χ2v) is 4.81. The average molecular weight is 242 g/mol. The molecule has 1 fully saturated rings. The molecular formula is C12H18O5. The molecule has 2 aliphatic heterocycles. The Morgan fingerprint density at radius 1 is 1.35 bits per heavy atom. The van der Waals surface area contributed by atoms with Gasteiger partial charge in [-0.2, -0.15) is 0 Å². The van der Waals surface area contributed by atoms with Gasteiger partial charge in [-0.25, -0.2) is 0 Å². The number of rotatable bonds is 1. The average Bonchev–Trinajstić information content (AvgIpc) is 2.43. The van der Waals surface area contributed by atoms with E-state index in [0.717, 1.165) is 0 Å². The molecular weight excluding hydrogens is 224 g/mol. The Labute approximate surface area is 101 Å². The van der Waals surface area contributed by atoms with Crippen molar-refractivity contribution in [3.63, 3.8) is 0 Å². The Morgan fingerprint density at radius 3 is 2.71 bits per heavy atom. The molecule has 5 nitrogen and oxygen atoms in total. The Kier molecular flexibility index (Phi) is 3.14. The third-order valence-electron chi connectivity index (χ3n) is 2.81. The second kappa shape index (κ2) is 4.31. The largest absolute Gasteiger partial charge is 0.495 e. The number of carbonyl (C=O) groups is 1. The zero-order valence-corrected chi connectivity index (χ0v) is 10.5. The van der Waals surface area contributed by atoms with Crippen LogP contribution in [0, 0.1) is 0 Å². The molecule has 0 aromatic rings. The van der Waals surface area contributed by atoms with Crippen molar-refractivity contribution in [1.82, 2.24) is 0 Å². The van der Waals surface area contributed by atoms with Crippen molar-refractivity contribution in [2.45, 2.75) is 57.9 Å². The normalized spacial score (nSPS) is 39.1. The van der Waals surface area contributed by atoms with E-state index in [9.17, 15) is 4.79 Å². The highest BCUT2D eigenvalue weighted by Crippen LogP contribution is 2.34. The van der Waals surface area contributed by atoms with Crippen molar-refractivity contribution in [2.24, 2.45) is 0 Å². The lowest BCUT2D eigenvalue weighted by Gasteiger charge is -2.27. The maximum atomic E-state index is 11.1. The van der Waals surface area contributed by atoms with E-state index < -0.39 is 11.9 Å². The van der Waals surface area contributed by atoms with Gasteiger partial charge in [0.25, 0.3) is 0 Å². The molecule has 4 atom stereocenters. The molecule has 1 saturated heterocycles.